The Morgan fingerprint density at radius 1 is 0.622 bits per heavy atom. The van der Waals surface area contributed by atoms with E-state index in [9.17, 15) is 0 Å². The lowest BCUT2D eigenvalue weighted by molar-refractivity contribution is 0.740. The molecule has 218 valence electrons. The van der Waals surface area contributed by atoms with Crippen molar-refractivity contribution in [2.75, 3.05) is 10.2 Å². The van der Waals surface area contributed by atoms with Crippen molar-refractivity contribution in [3.8, 4) is 22.3 Å². The van der Waals surface area contributed by atoms with Gasteiger partial charge in [0, 0.05) is 16.8 Å². The summed E-state index contributed by atoms with van der Waals surface area (Å²) in [6.45, 7) is 0. The fourth-order valence-electron chi connectivity index (χ4n) is 7.72. The van der Waals surface area contributed by atoms with E-state index >= 15 is 0 Å². The Kier molecular flexibility index (Phi) is 6.22. The standard InChI is InChI=1S/C42H35N3/c1-2-11-29(12-3-1)37-19-10-20-38(43-37)32-14-8-13-31(27-32)28-23-25-30(26-24-28)42-44-39-21-9-18-36-34-16-5-4-15-33(34)35-17-6-7-22-40(35)45(42)41(36)39/h1-7,9-13,15-23,25,27,38,42-44H,8,14,24,26H2. The van der Waals surface area contributed by atoms with E-state index in [4.69, 9.17) is 0 Å². The summed E-state index contributed by atoms with van der Waals surface area (Å²) in [4.78, 5) is 2.56. The van der Waals surface area contributed by atoms with E-state index in [1.165, 1.54) is 72.9 Å². The summed E-state index contributed by atoms with van der Waals surface area (Å²) < 4.78 is 0. The third-order valence-electron chi connectivity index (χ3n) is 9.90. The number of fused-ring (bicyclic) bond motifs is 5. The average Bonchev–Trinajstić information content (AvgIpc) is 3.46. The van der Waals surface area contributed by atoms with Crippen molar-refractivity contribution in [2.45, 2.75) is 37.9 Å². The van der Waals surface area contributed by atoms with E-state index in [2.05, 4.69) is 155 Å². The highest BCUT2D eigenvalue weighted by molar-refractivity contribution is 6.05. The number of rotatable bonds is 4. The highest BCUT2D eigenvalue weighted by Crippen LogP contribution is 2.55. The Labute approximate surface area is 265 Å². The highest BCUT2D eigenvalue weighted by Gasteiger charge is 2.38. The first kappa shape index (κ1) is 26.2. The molecule has 4 aromatic rings. The molecule has 2 unspecified atom stereocenters. The number of hydrogen-bond acceptors (Lipinski definition) is 3. The van der Waals surface area contributed by atoms with E-state index < -0.39 is 0 Å². The van der Waals surface area contributed by atoms with Crippen LogP contribution < -0.4 is 15.5 Å². The lowest BCUT2D eigenvalue weighted by atomic mass is 9.85. The van der Waals surface area contributed by atoms with Gasteiger partial charge in [0.2, 0.25) is 0 Å². The molecule has 2 N–H and O–H groups in total. The van der Waals surface area contributed by atoms with Crippen LogP contribution in [0.2, 0.25) is 0 Å². The fourth-order valence-corrected chi connectivity index (χ4v) is 7.72. The van der Waals surface area contributed by atoms with Crippen LogP contribution in [0.1, 0.15) is 31.2 Å². The largest absolute Gasteiger partial charge is 0.375 e. The quantitative estimate of drug-likeness (QED) is 0.251. The summed E-state index contributed by atoms with van der Waals surface area (Å²) in [5.74, 6) is 0. The van der Waals surface area contributed by atoms with Crippen LogP contribution in [-0.2, 0) is 0 Å². The van der Waals surface area contributed by atoms with Crippen LogP contribution in [0.15, 0.2) is 162 Å². The normalized spacial score (nSPS) is 21.0. The molecule has 0 radical (unpaired) electrons. The van der Waals surface area contributed by atoms with Crippen LogP contribution in [0.25, 0.3) is 28.0 Å². The molecule has 0 fully saturated rings. The molecular weight excluding hydrogens is 546 g/mol. The maximum absolute atomic E-state index is 3.93. The minimum absolute atomic E-state index is 0.0839. The summed E-state index contributed by atoms with van der Waals surface area (Å²) in [6.07, 6.45) is 20.7. The molecule has 0 saturated carbocycles. The van der Waals surface area contributed by atoms with Gasteiger partial charge < -0.3 is 15.5 Å². The molecule has 0 saturated heterocycles. The van der Waals surface area contributed by atoms with Crippen LogP contribution in [0.4, 0.5) is 17.1 Å². The van der Waals surface area contributed by atoms with Gasteiger partial charge in [0.15, 0.2) is 0 Å². The van der Waals surface area contributed by atoms with Crippen molar-refractivity contribution < 1.29 is 0 Å². The summed E-state index contributed by atoms with van der Waals surface area (Å²) in [7, 11) is 0. The molecule has 3 heteroatoms. The Balaban J connectivity index is 1.02. The monoisotopic (exact) mass is 581 g/mol. The highest BCUT2D eigenvalue weighted by atomic mass is 15.3. The van der Waals surface area contributed by atoms with Crippen LogP contribution >= 0.6 is 0 Å². The van der Waals surface area contributed by atoms with Crippen molar-refractivity contribution in [3.63, 3.8) is 0 Å². The molecule has 4 aromatic carbocycles. The number of nitrogens with zero attached hydrogens (tertiary/aromatic N) is 1. The predicted molar refractivity (Wildman–Crippen MR) is 188 cm³/mol. The van der Waals surface area contributed by atoms with Gasteiger partial charge in [-0.25, -0.2) is 0 Å². The molecule has 3 heterocycles. The van der Waals surface area contributed by atoms with E-state index in [0.29, 0.717) is 0 Å². The summed E-state index contributed by atoms with van der Waals surface area (Å²) in [5.41, 5.74) is 17.1. The maximum atomic E-state index is 3.93. The molecule has 0 amide bonds. The second-order valence-electron chi connectivity index (χ2n) is 12.5. The Morgan fingerprint density at radius 3 is 2.24 bits per heavy atom. The molecule has 2 aliphatic carbocycles. The van der Waals surface area contributed by atoms with Gasteiger partial charge in [-0.2, -0.15) is 0 Å². The number of dihydropyridines is 1. The lowest BCUT2D eigenvalue weighted by Gasteiger charge is -2.32. The van der Waals surface area contributed by atoms with Crippen LogP contribution in [0, 0.1) is 0 Å². The van der Waals surface area contributed by atoms with Crippen molar-refractivity contribution in [1.82, 2.24) is 5.32 Å². The lowest BCUT2D eigenvalue weighted by Crippen LogP contribution is -2.34. The number of hydrogen-bond donors (Lipinski definition) is 2. The minimum Gasteiger partial charge on any atom is -0.375 e. The van der Waals surface area contributed by atoms with Gasteiger partial charge in [-0.1, -0.05) is 121 Å². The van der Waals surface area contributed by atoms with Gasteiger partial charge in [-0.05, 0) is 82.9 Å². The second-order valence-corrected chi connectivity index (χ2v) is 12.5. The molecule has 0 spiro atoms. The van der Waals surface area contributed by atoms with Crippen molar-refractivity contribution in [2.24, 2.45) is 0 Å². The van der Waals surface area contributed by atoms with E-state index in [1.54, 1.807) is 0 Å². The van der Waals surface area contributed by atoms with E-state index in [1.807, 2.05) is 0 Å². The number of para-hydroxylation sites is 2. The van der Waals surface area contributed by atoms with E-state index in [0.717, 1.165) is 25.7 Å². The molecule has 2 atom stereocenters. The van der Waals surface area contributed by atoms with Gasteiger partial charge in [0.1, 0.15) is 6.17 Å². The Morgan fingerprint density at radius 2 is 1.40 bits per heavy atom. The fraction of sp³-hybridized carbons (Fsp3) is 0.143. The number of allylic oxidation sites excluding steroid dienone is 8. The van der Waals surface area contributed by atoms with Crippen molar-refractivity contribution >= 4 is 22.8 Å². The van der Waals surface area contributed by atoms with Gasteiger partial charge in [-0.15, -0.1) is 0 Å². The van der Waals surface area contributed by atoms with Crippen molar-refractivity contribution in [1.29, 1.82) is 0 Å². The minimum atomic E-state index is 0.0839. The third-order valence-corrected chi connectivity index (χ3v) is 9.90. The first-order valence-electron chi connectivity index (χ1n) is 16.2. The third kappa shape index (κ3) is 4.42. The topological polar surface area (TPSA) is 27.3 Å². The molecule has 45 heavy (non-hydrogen) atoms. The number of nitrogens with one attached hydrogen (secondary N) is 2. The summed E-state index contributed by atoms with van der Waals surface area (Å²) >= 11 is 0. The van der Waals surface area contributed by atoms with Crippen LogP contribution in [-0.4, -0.2) is 12.2 Å². The number of anilines is 3. The van der Waals surface area contributed by atoms with Crippen molar-refractivity contribution in [3.05, 3.63) is 167 Å². The zero-order chi connectivity index (χ0) is 29.7. The first-order valence-corrected chi connectivity index (χ1v) is 16.2. The van der Waals surface area contributed by atoms with Gasteiger partial charge >= 0.3 is 0 Å². The van der Waals surface area contributed by atoms with Crippen LogP contribution in [0.3, 0.4) is 0 Å². The van der Waals surface area contributed by atoms with E-state index in [-0.39, 0.29) is 12.2 Å². The number of benzene rings is 4. The smallest absolute Gasteiger partial charge is 0.126 e. The summed E-state index contributed by atoms with van der Waals surface area (Å²) in [5, 5.41) is 7.72. The second kappa shape index (κ2) is 10.7. The van der Waals surface area contributed by atoms with Gasteiger partial charge in [0.25, 0.3) is 0 Å². The maximum Gasteiger partial charge on any atom is 0.126 e. The van der Waals surface area contributed by atoms with Gasteiger partial charge in [-0.3, -0.25) is 0 Å². The van der Waals surface area contributed by atoms with Crippen LogP contribution in [0.5, 0.6) is 0 Å². The molecule has 3 nitrogen and oxygen atoms in total. The predicted octanol–water partition coefficient (Wildman–Crippen LogP) is 10.1. The molecule has 5 aliphatic rings. The average molecular weight is 582 g/mol. The molecule has 3 aliphatic heterocycles. The van der Waals surface area contributed by atoms with Gasteiger partial charge in [0.05, 0.1) is 23.1 Å². The Hall–Kier alpha value is -5.28. The SMILES string of the molecule is C1=CC(C2=CC(C3=CC=C(C4Nc5cccc6c5N4c4ccccc4-c4ccccc4-6)CC3)=CCC2)NC(c2ccccc2)=C1. The zero-order valence-corrected chi connectivity index (χ0v) is 25.2. The zero-order valence-electron chi connectivity index (χ0n) is 25.2. The Bertz CT molecular complexity index is 2020. The molecule has 9 rings (SSSR count). The molecular formula is C42H35N3. The first-order chi connectivity index (χ1) is 22.3. The summed E-state index contributed by atoms with van der Waals surface area (Å²) in [6, 6.07) is 35.3. The molecule has 0 aromatic heterocycles. The molecule has 0 bridgehead atoms.